The highest BCUT2D eigenvalue weighted by Gasteiger charge is 2.21. The van der Waals surface area contributed by atoms with E-state index in [9.17, 15) is 9.18 Å². The maximum absolute atomic E-state index is 13.1. The Hall–Kier alpha value is -2.56. The van der Waals surface area contributed by atoms with Crippen molar-refractivity contribution in [3.8, 4) is 5.75 Å². The third-order valence-corrected chi connectivity index (χ3v) is 3.38. The van der Waals surface area contributed by atoms with E-state index in [4.69, 9.17) is 9.47 Å². The molecule has 108 valence electrons. The van der Waals surface area contributed by atoms with Gasteiger partial charge in [-0.15, -0.1) is 0 Å². The number of benzene rings is 2. The Morgan fingerprint density at radius 2 is 2.00 bits per heavy atom. The van der Waals surface area contributed by atoms with Gasteiger partial charge in [0, 0.05) is 5.69 Å². The first kappa shape index (κ1) is 13.4. The minimum absolute atomic E-state index is 0.282. The van der Waals surface area contributed by atoms with Gasteiger partial charge < -0.3 is 14.4 Å². The van der Waals surface area contributed by atoms with E-state index in [1.54, 1.807) is 30.3 Å². The molecular formula is C16H14FNO3. The summed E-state index contributed by atoms with van der Waals surface area (Å²) in [5.41, 5.74) is 2.08. The molecule has 2 aromatic rings. The Labute approximate surface area is 121 Å². The fourth-order valence-electron chi connectivity index (χ4n) is 2.35. The predicted molar refractivity (Wildman–Crippen MR) is 76.7 cm³/mol. The fraction of sp³-hybridized carbons (Fsp3) is 0.188. The Morgan fingerprint density at radius 3 is 2.71 bits per heavy atom. The lowest BCUT2D eigenvalue weighted by Crippen LogP contribution is -2.28. The van der Waals surface area contributed by atoms with Gasteiger partial charge in [0.1, 0.15) is 18.2 Å². The summed E-state index contributed by atoms with van der Waals surface area (Å²) in [6.45, 7) is 1.16. The highest BCUT2D eigenvalue weighted by atomic mass is 19.1. The number of nitrogens with zero attached hydrogens (tertiary/aromatic N) is 1. The lowest BCUT2D eigenvalue weighted by atomic mass is 10.1. The molecule has 4 nitrogen and oxygen atoms in total. The average Bonchev–Trinajstić information content (AvgIpc) is 2.54. The number of esters is 1. The standard InChI is InChI=1S/C16H14FNO3/c1-20-16(19)11-2-7-15-14(10-11)18(8-9-21-15)13-5-3-12(17)4-6-13/h2-7,10H,8-9H2,1H3. The van der Waals surface area contributed by atoms with E-state index in [-0.39, 0.29) is 5.82 Å². The number of carbonyl (C=O) groups excluding carboxylic acids is 1. The quantitative estimate of drug-likeness (QED) is 0.795. The van der Waals surface area contributed by atoms with Gasteiger partial charge in [0.2, 0.25) is 0 Å². The number of methoxy groups -OCH3 is 1. The third kappa shape index (κ3) is 2.54. The Morgan fingerprint density at radius 1 is 1.24 bits per heavy atom. The number of anilines is 2. The van der Waals surface area contributed by atoms with E-state index in [1.165, 1.54) is 19.2 Å². The van der Waals surface area contributed by atoms with E-state index in [2.05, 4.69) is 0 Å². The van der Waals surface area contributed by atoms with Crippen LogP contribution in [0.2, 0.25) is 0 Å². The van der Waals surface area contributed by atoms with E-state index in [1.807, 2.05) is 4.90 Å². The van der Waals surface area contributed by atoms with Crippen molar-refractivity contribution in [3.63, 3.8) is 0 Å². The second-order valence-electron chi connectivity index (χ2n) is 4.65. The second kappa shape index (κ2) is 5.44. The molecular weight excluding hydrogens is 273 g/mol. The van der Waals surface area contributed by atoms with Crippen molar-refractivity contribution in [1.82, 2.24) is 0 Å². The zero-order valence-corrected chi connectivity index (χ0v) is 11.5. The van der Waals surface area contributed by atoms with Gasteiger partial charge in [0.05, 0.1) is 24.9 Å². The molecule has 21 heavy (non-hydrogen) atoms. The molecule has 1 heterocycles. The molecule has 3 rings (SSSR count). The number of halogens is 1. The molecule has 0 radical (unpaired) electrons. The molecule has 1 aliphatic heterocycles. The van der Waals surface area contributed by atoms with Gasteiger partial charge in [-0.05, 0) is 42.5 Å². The second-order valence-corrected chi connectivity index (χ2v) is 4.65. The van der Waals surface area contributed by atoms with Crippen molar-refractivity contribution < 1.29 is 18.7 Å². The van der Waals surface area contributed by atoms with Gasteiger partial charge >= 0.3 is 5.97 Å². The molecule has 0 fully saturated rings. The molecule has 0 amide bonds. The van der Waals surface area contributed by atoms with Crippen LogP contribution in [0.3, 0.4) is 0 Å². The molecule has 0 N–H and O–H groups in total. The summed E-state index contributed by atoms with van der Waals surface area (Å²) >= 11 is 0. The molecule has 0 bridgehead atoms. The first-order valence-electron chi connectivity index (χ1n) is 6.57. The van der Waals surface area contributed by atoms with Crippen molar-refractivity contribution in [1.29, 1.82) is 0 Å². The van der Waals surface area contributed by atoms with E-state index in [0.717, 1.165) is 11.4 Å². The van der Waals surface area contributed by atoms with Crippen LogP contribution in [0.5, 0.6) is 5.75 Å². The fourth-order valence-corrected chi connectivity index (χ4v) is 2.35. The van der Waals surface area contributed by atoms with Gasteiger partial charge in [-0.1, -0.05) is 0 Å². The Kier molecular flexibility index (Phi) is 3.48. The minimum atomic E-state index is -0.401. The maximum Gasteiger partial charge on any atom is 0.337 e. The van der Waals surface area contributed by atoms with E-state index >= 15 is 0 Å². The van der Waals surface area contributed by atoms with Crippen LogP contribution < -0.4 is 9.64 Å². The molecule has 1 aliphatic rings. The summed E-state index contributed by atoms with van der Waals surface area (Å²) in [7, 11) is 1.34. The molecule has 0 aliphatic carbocycles. The minimum Gasteiger partial charge on any atom is -0.490 e. The summed E-state index contributed by atoms with van der Waals surface area (Å²) in [5.74, 6) is 0.0104. The van der Waals surface area contributed by atoms with Gasteiger partial charge in [-0.2, -0.15) is 0 Å². The topological polar surface area (TPSA) is 38.8 Å². The van der Waals surface area contributed by atoms with Crippen molar-refractivity contribution in [3.05, 3.63) is 53.8 Å². The number of hydrogen-bond donors (Lipinski definition) is 0. The van der Waals surface area contributed by atoms with Crippen LogP contribution in [-0.4, -0.2) is 26.2 Å². The average molecular weight is 287 g/mol. The first-order chi connectivity index (χ1) is 10.2. The molecule has 0 atom stereocenters. The van der Waals surface area contributed by atoms with Gasteiger partial charge in [-0.3, -0.25) is 0 Å². The smallest absolute Gasteiger partial charge is 0.337 e. The highest BCUT2D eigenvalue weighted by molar-refractivity contribution is 5.91. The zero-order chi connectivity index (χ0) is 14.8. The highest BCUT2D eigenvalue weighted by Crippen LogP contribution is 2.37. The third-order valence-electron chi connectivity index (χ3n) is 3.38. The van der Waals surface area contributed by atoms with Crippen LogP contribution in [0.4, 0.5) is 15.8 Å². The number of rotatable bonds is 2. The van der Waals surface area contributed by atoms with Crippen LogP contribution in [-0.2, 0) is 4.74 Å². The molecule has 0 saturated carbocycles. The van der Waals surface area contributed by atoms with Gasteiger partial charge in [-0.25, -0.2) is 9.18 Å². The molecule has 0 unspecified atom stereocenters. The monoisotopic (exact) mass is 287 g/mol. The normalized spacial score (nSPS) is 13.3. The van der Waals surface area contributed by atoms with Crippen LogP contribution in [0.15, 0.2) is 42.5 Å². The van der Waals surface area contributed by atoms with Crippen LogP contribution in [0.1, 0.15) is 10.4 Å². The summed E-state index contributed by atoms with van der Waals surface area (Å²) in [4.78, 5) is 13.6. The molecule has 0 aromatic heterocycles. The molecule has 0 saturated heterocycles. The largest absolute Gasteiger partial charge is 0.490 e. The predicted octanol–water partition coefficient (Wildman–Crippen LogP) is 3.14. The van der Waals surface area contributed by atoms with Crippen molar-refractivity contribution >= 4 is 17.3 Å². The SMILES string of the molecule is COC(=O)c1ccc2c(c1)N(c1ccc(F)cc1)CCO2. The molecule has 2 aromatic carbocycles. The van der Waals surface area contributed by atoms with Crippen LogP contribution in [0.25, 0.3) is 0 Å². The van der Waals surface area contributed by atoms with Crippen molar-refractivity contribution in [2.24, 2.45) is 0 Å². The van der Waals surface area contributed by atoms with Gasteiger partial charge in [0.25, 0.3) is 0 Å². The Balaban J connectivity index is 2.03. The summed E-state index contributed by atoms with van der Waals surface area (Å²) in [5, 5.41) is 0. The van der Waals surface area contributed by atoms with Gasteiger partial charge in [0.15, 0.2) is 0 Å². The Bertz CT molecular complexity index is 670. The van der Waals surface area contributed by atoms with Crippen molar-refractivity contribution in [2.45, 2.75) is 0 Å². The van der Waals surface area contributed by atoms with Crippen molar-refractivity contribution in [2.75, 3.05) is 25.2 Å². The van der Waals surface area contributed by atoms with E-state index in [0.29, 0.717) is 24.5 Å². The lowest BCUT2D eigenvalue weighted by Gasteiger charge is -2.31. The first-order valence-corrected chi connectivity index (χ1v) is 6.57. The van der Waals surface area contributed by atoms with Crippen LogP contribution in [0, 0.1) is 5.82 Å². The number of hydrogen-bond acceptors (Lipinski definition) is 4. The summed E-state index contributed by atoms with van der Waals surface area (Å²) in [6, 6.07) is 11.4. The number of ether oxygens (including phenoxy) is 2. The zero-order valence-electron chi connectivity index (χ0n) is 11.5. The lowest BCUT2D eigenvalue weighted by molar-refractivity contribution is 0.0600. The molecule has 5 heteroatoms. The van der Waals surface area contributed by atoms with E-state index < -0.39 is 5.97 Å². The summed E-state index contributed by atoms with van der Waals surface area (Å²) < 4.78 is 23.4. The maximum atomic E-state index is 13.1. The summed E-state index contributed by atoms with van der Waals surface area (Å²) in [6.07, 6.45) is 0. The number of carbonyl (C=O) groups is 1. The number of fused-ring (bicyclic) bond motifs is 1. The molecule has 0 spiro atoms. The van der Waals surface area contributed by atoms with Crippen LogP contribution >= 0.6 is 0 Å².